The van der Waals surface area contributed by atoms with Gasteiger partial charge in [0.25, 0.3) is 10.0 Å². The Bertz CT molecular complexity index is 1210. The second kappa shape index (κ2) is 6.75. The normalized spacial score (nSPS) is 27.5. The average molecular weight is 440 g/mol. The van der Waals surface area contributed by atoms with E-state index >= 15 is 0 Å². The van der Waals surface area contributed by atoms with Gasteiger partial charge in [-0.25, -0.2) is 18.4 Å². The molecule has 4 heterocycles. The third-order valence-corrected chi connectivity index (χ3v) is 9.53. The van der Waals surface area contributed by atoms with E-state index in [-0.39, 0.29) is 22.4 Å². The smallest absolute Gasteiger partial charge is 0.262 e. The number of hydrogen-bond acceptors (Lipinski definition) is 5. The van der Waals surface area contributed by atoms with Gasteiger partial charge in [-0.1, -0.05) is 24.3 Å². The molecule has 3 aliphatic rings. The molecule has 1 saturated heterocycles. The summed E-state index contributed by atoms with van der Waals surface area (Å²) in [7, 11) is -3.59. The maximum Gasteiger partial charge on any atom is 0.262 e. The molecule has 2 aromatic heterocycles. The molecule has 6 rings (SSSR count). The Hall–Kier alpha value is -2.49. The van der Waals surface area contributed by atoms with E-state index in [9.17, 15) is 13.5 Å². The molecule has 8 nitrogen and oxygen atoms in total. The third kappa shape index (κ3) is 2.69. The highest BCUT2D eigenvalue weighted by atomic mass is 32.2. The molecule has 0 radical (unpaired) electrons. The van der Waals surface area contributed by atoms with Gasteiger partial charge in [-0.05, 0) is 36.7 Å². The van der Waals surface area contributed by atoms with Crippen LogP contribution in [0.15, 0.2) is 54.3 Å². The fourth-order valence-corrected chi connectivity index (χ4v) is 7.42. The van der Waals surface area contributed by atoms with E-state index in [1.807, 2.05) is 18.6 Å². The molecular formula is C22H25N5O3S. The van der Waals surface area contributed by atoms with Crippen molar-refractivity contribution >= 4 is 10.0 Å². The molecule has 2 aliphatic heterocycles. The van der Waals surface area contributed by atoms with Crippen LogP contribution >= 0.6 is 0 Å². The molecule has 0 amide bonds. The number of piperidine rings is 1. The lowest BCUT2D eigenvalue weighted by atomic mass is 9.73. The molecule has 2 fully saturated rings. The van der Waals surface area contributed by atoms with Crippen LogP contribution < -0.4 is 0 Å². The summed E-state index contributed by atoms with van der Waals surface area (Å²) < 4.78 is 29.4. The summed E-state index contributed by atoms with van der Waals surface area (Å²) in [6.07, 6.45) is 9.26. The van der Waals surface area contributed by atoms with Crippen LogP contribution in [0.4, 0.5) is 0 Å². The second-order valence-electron chi connectivity index (χ2n) is 9.04. The Morgan fingerprint density at radius 1 is 1.16 bits per heavy atom. The molecule has 0 bridgehead atoms. The SMILES string of the molecule is O=S(=O)(c1c[nH]cn1)N1CCC2(CC[C@@H](C3c4ccccc4-c4cncn43)[C@H]2O)CC1. The van der Waals surface area contributed by atoms with Crippen molar-refractivity contribution < 1.29 is 13.5 Å². The lowest BCUT2D eigenvalue weighted by molar-refractivity contribution is -0.0146. The van der Waals surface area contributed by atoms with Crippen LogP contribution in [0, 0.1) is 11.3 Å². The lowest BCUT2D eigenvalue weighted by Gasteiger charge is -2.42. The quantitative estimate of drug-likeness (QED) is 0.652. The maximum atomic E-state index is 12.8. The highest BCUT2D eigenvalue weighted by molar-refractivity contribution is 7.89. The molecule has 2 N–H and O–H groups in total. The molecule has 1 spiro atoms. The Labute approximate surface area is 181 Å². The topological polar surface area (TPSA) is 104 Å². The first-order valence-electron chi connectivity index (χ1n) is 10.8. The van der Waals surface area contributed by atoms with E-state index in [0.29, 0.717) is 25.9 Å². The van der Waals surface area contributed by atoms with Crippen molar-refractivity contribution in [1.29, 1.82) is 0 Å². The van der Waals surface area contributed by atoms with Gasteiger partial charge >= 0.3 is 0 Å². The molecule has 31 heavy (non-hydrogen) atoms. The van der Waals surface area contributed by atoms with Gasteiger partial charge in [0.05, 0.1) is 36.7 Å². The van der Waals surface area contributed by atoms with E-state index in [0.717, 1.165) is 18.5 Å². The van der Waals surface area contributed by atoms with Gasteiger partial charge in [0.2, 0.25) is 0 Å². The zero-order chi connectivity index (χ0) is 21.2. The standard InChI is InChI=1S/C22H25N5O3S/c28-21-17(20-16-4-2-1-3-15(16)18-11-24-14-27(18)20)5-6-22(21)7-9-26(10-8-22)31(29,30)19-12-23-13-25-19/h1-4,11-14,17,20-21,28H,5-10H2,(H,23,25)/t17-,20?,21+/m0/s1. The van der Waals surface area contributed by atoms with Crippen molar-refractivity contribution in [2.75, 3.05) is 13.1 Å². The maximum absolute atomic E-state index is 12.8. The molecule has 1 aromatic carbocycles. The van der Waals surface area contributed by atoms with Gasteiger partial charge in [-0.2, -0.15) is 4.31 Å². The van der Waals surface area contributed by atoms with Gasteiger partial charge in [0.15, 0.2) is 5.03 Å². The molecular weight excluding hydrogens is 414 g/mol. The highest BCUT2D eigenvalue weighted by Gasteiger charge is 2.53. The van der Waals surface area contributed by atoms with Crippen molar-refractivity contribution in [2.24, 2.45) is 11.3 Å². The number of aliphatic hydroxyl groups is 1. The first-order chi connectivity index (χ1) is 15.0. The Morgan fingerprint density at radius 3 is 2.74 bits per heavy atom. The number of nitrogens with zero attached hydrogens (tertiary/aromatic N) is 4. The first-order valence-corrected chi connectivity index (χ1v) is 12.2. The van der Waals surface area contributed by atoms with Crippen LogP contribution in [0.1, 0.15) is 37.3 Å². The highest BCUT2D eigenvalue weighted by Crippen LogP contribution is 2.56. The number of aromatic nitrogens is 4. The minimum absolute atomic E-state index is 0.0588. The first kappa shape index (κ1) is 19.2. The molecule has 162 valence electrons. The Balaban J connectivity index is 1.25. The molecule has 3 aromatic rings. The number of nitrogens with one attached hydrogen (secondary N) is 1. The predicted molar refractivity (Wildman–Crippen MR) is 114 cm³/mol. The fraction of sp³-hybridized carbons (Fsp3) is 0.455. The number of H-pyrrole nitrogens is 1. The molecule has 1 unspecified atom stereocenters. The lowest BCUT2D eigenvalue weighted by Crippen LogP contribution is -2.47. The van der Waals surface area contributed by atoms with Crippen molar-refractivity contribution in [1.82, 2.24) is 23.8 Å². The van der Waals surface area contributed by atoms with Gasteiger partial charge in [0, 0.05) is 30.8 Å². The van der Waals surface area contributed by atoms with Gasteiger partial charge in [0.1, 0.15) is 0 Å². The Kier molecular flexibility index (Phi) is 4.19. The number of fused-ring (bicyclic) bond motifs is 3. The van der Waals surface area contributed by atoms with Crippen LogP contribution in [-0.4, -0.2) is 56.5 Å². The summed E-state index contributed by atoms with van der Waals surface area (Å²) in [5.41, 5.74) is 3.31. The summed E-state index contributed by atoms with van der Waals surface area (Å²) in [5, 5.41) is 11.6. The largest absolute Gasteiger partial charge is 0.392 e. The van der Waals surface area contributed by atoms with Crippen molar-refractivity contribution in [3.63, 3.8) is 0 Å². The Morgan fingerprint density at radius 2 is 1.97 bits per heavy atom. The summed E-state index contributed by atoms with van der Waals surface area (Å²) in [6.45, 7) is 0.826. The fourth-order valence-electron chi connectivity index (χ4n) is 6.09. The van der Waals surface area contributed by atoms with Gasteiger partial charge < -0.3 is 14.7 Å². The van der Waals surface area contributed by atoms with E-state index in [1.54, 1.807) is 0 Å². The summed E-state index contributed by atoms with van der Waals surface area (Å²) in [6, 6.07) is 8.46. The predicted octanol–water partition coefficient (Wildman–Crippen LogP) is 2.42. The zero-order valence-corrected chi connectivity index (χ0v) is 17.9. The van der Waals surface area contributed by atoms with Crippen LogP contribution in [0.2, 0.25) is 0 Å². The summed E-state index contributed by atoms with van der Waals surface area (Å²) in [4.78, 5) is 11.0. The number of benzene rings is 1. The number of aliphatic hydroxyl groups excluding tert-OH is 1. The van der Waals surface area contributed by atoms with E-state index in [2.05, 4.69) is 37.7 Å². The number of aromatic amines is 1. The molecule has 9 heteroatoms. The zero-order valence-electron chi connectivity index (χ0n) is 17.1. The number of rotatable bonds is 3. The van der Waals surface area contributed by atoms with E-state index in [4.69, 9.17) is 0 Å². The third-order valence-electron chi connectivity index (χ3n) is 7.73. The van der Waals surface area contributed by atoms with Gasteiger partial charge in [-0.15, -0.1) is 0 Å². The molecule has 1 aliphatic carbocycles. The van der Waals surface area contributed by atoms with Crippen LogP contribution in [-0.2, 0) is 10.0 Å². The minimum Gasteiger partial charge on any atom is -0.392 e. The number of sulfonamides is 1. The summed E-state index contributed by atoms with van der Waals surface area (Å²) >= 11 is 0. The monoisotopic (exact) mass is 439 g/mol. The van der Waals surface area contributed by atoms with Crippen LogP contribution in [0.3, 0.4) is 0 Å². The number of imidazole rings is 2. The van der Waals surface area contributed by atoms with Crippen LogP contribution in [0.25, 0.3) is 11.3 Å². The van der Waals surface area contributed by atoms with Crippen molar-refractivity contribution in [3.8, 4) is 11.3 Å². The average Bonchev–Trinajstić information content (AvgIpc) is 3.56. The van der Waals surface area contributed by atoms with Gasteiger partial charge in [-0.3, -0.25) is 0 Å². The molecule has 3 atom stereocenters. The van der Waals surface area contributed by atoms with Crippen molar-refractivity contribution in [2.45, 2.75) is 42.9 Å². The summed E-state index contributed by atoms with van der Waals surface area (Å²) in [5.74, 6) is 0.0890. The second-order valence-corrected chi connectivity index (χ2v) is 10.9. The van der Waals surface area contributed by atoms with E-state index < -0.39 is 16.1 Å². The molecule has 1 saturated carbocycles. The van der Waals surface area contributed by atoms with Crippen molar-refractivity contribution in [3.05, 3.63) is 54.9 Å². The van der Waals surface area contributed by atoms with E-state index in [1.165, 1.54) is 28.0 Å². The minimum atomic E-state index is -3.59. The number of hydrogen-bond donors (Lipinski definition) is 2. The van der Waals surface area contributed by atoms with Crippen LogP contribution in [0.5, 0.6) is 0 Å².